The Morgan fingerprint density at radius 1 is 1.29 bits per heavy atom. The van der Waals surface area contributed by atoms with E-state index in [1.807, 2.05) is 0 Å². The summed E-state index contributed by atoms with van der Waals surface area (Å²) in [5.41, 5.74) is 0. The molecule has 0 unspecified atom stereocenters. The maximum absolute atomic E-state index is 4.72. The molecule has 0 aliphatic carbocycles. The Kier molecular flexibility index (Phi) is 24.4. The van der Waals surface area contributed by atoms with Crippen molar-refractivity contribution in [3.8, 4) is 0 Å². The Hall–Kier alpha value is 0.938. The van der Waals surface area contributed by atoms with Gasteiger partial charge in [0.2, 0.25) is 0 Å². The first-order chi connectivity index (χ1) is 3.41. The molecule has 3 heteroatoms. The Morgan fingerprint density at radius 3 is 1.57 bits per heavy atom. The van der Waals surface area contributed by atoms with Gasteiger partial charge in [-0.15, -0.1) is 0 Å². The van der Waals surface area contributed by atoms with Crippen LogP contribution in [-0.4, -0.2) is 13.1 Å². The van der Waals surface area contributed by atoms with Gasteiger partial charge in [0.05, 0.1) is 0 Å². The molecule has 0 aromatic carbocycles. The Morgan fingerprint density at radius 2 is 1.57 bits per heavy atom. The first-order valence-corrected chi connectivity index (χ1v) is 5.91. The van der Waals surface area contributed by atoms with E-state index in [4.69, 9.17) is 9.42 Å². The first-order valence-electron chi connectivity index (χ1n) is 2.28. The number of nitrogens with one attached hydrogen (secondary N) is 1. The second kappa shape index (κ2) is 15.8. The van der Waals surface area contributed by atoms with Crippen molar-refractivity contribution in [2.75, 3.05) is 13.1 Å². The molecule has 0 rings (SSSR count). The van der Waals surface area contributed by atoms with Crippen LogP contribution in [0.2, 0.25) is 0 Å². The molecule has 0 aromatic rings. The topological polar surface area (TPSA) is 12.0 Å². The zero-order chi connectivity index (χ0) is 6.12. The first kappa shape index (κ1) is 10.8. The Balaban J connectivity index is 0. The molecular formula is C4H11ClNW. The van der Waals surface area contributed by atoms with Crippen LogP contribution >= 0.6 is 9.42 Å². The standard InChI is InChI=1S/C4H11N.ClH.W/c1-3-5-4-2;;/h5H,3-4H2,1-2H3;1H;/q;;+1/p-1. The molecule has 0 amide bonds. The van der Waals surface area contributed by atoms with Crippen LogP contribution in [0.1, 0.15) is 13.8 Å². The summed E-state index contributed by atoms with van der Waals surface area (Å²) in [6.07, 6.45) is 0. The van der Waals surface area contributed by atoms with Crippen molar-refractivity contribution in [2.24, 2.45) is 0 Å². The van der Waals surface area contributed by atoms with Crippen molar-refractivity contribution in [1.82, 2.24) is 5.32 Å². The van der Waals surface area contributed by atoms with Crippen molar-refractivity contribution in [1.29, 1.82) is 0 Å². The summed E-state index contributed by atoms with van der Waals surface area (Å²) in [6.45, 7) is 6.39. The van der Waals surface area contributed by atoms with E-state index in [2.05, 4.69) is 19.2 Å². The van der Waals surface area contributed by atoms with Gasteiger partial charge >= 0.3 is 28.2 Å². The summed E-state index contributed by atoms with van der Waals surface area (Å²) in [5.74, 6) is 0. The minimum atomic E-state index is 1.06. The Labute approximate surface area is 60.6 Å². The molecule has 0 saturated heterocycles. The van der Waals surface area contributed by atoms with Crippen LogP contribution in [0.4, 0.5) is 0 Å². The van der Waals surface area contributed by atoms with Crippen molar-refractivity contribution in [2.45, 2.75) is 13.8 Å². The molecule has 0 heterocycles. The minimum absolute atomic E-state index is 1.06. The zero-order valence-corrected chi connectivity index (χ0v) is 8.39. The summed E-state index contributed by atoms with van der Waals surface area (Å²) in [4.78, 5) is 0. The van der Waals surface area contributed by atoms with Gasteiger partial charge in [-0.05, 0) is 13.1 Å². The van der Waals surface area contributed by atoms with E-state index < -0.39 is 0 Å². The monoisotopic (exact) mass is 292 g/mol. The average Bonchev–Trinajstić information content (AvgIpc) is 1.75. The molecule has 0 atom stereocenters. The van der Waals surface area contributed by atoms with Gasteiger partial charge in [-0.1, -0.05) is 13.8 Å². The fourth-order valence-corrected chi connectivity index (χ4v) is 0.250. The van der Waals surface area contributed by atoms with Crippen molar-refractivity contribution in [3.05, 3.63) is 0 Å². The fourth-order valence-electron chi connectivity index (χ4n) is 0.250. The van der Waals surface area contributed by atoms with E-state index in [1.54, 1.807) is 0 Å². The van der Waals surface area contributed by atoms with Crippen molar-refractivity contribution < 1.29 is 18.8 Å². The van der Waals surface area contributed by atoms with Gasteiger partial charge in [-0.3, -0.25) is 0 Å². The van der Waals surface area contributed by atoms with Crippen LogP contribution in [-0.2, 0) is 18.8 Å². The van der Waals surface area contributed by atoms with Gasteiger partial charge in [-0.25, -0.2) is 0 Å². The van der Waals surface area contributed by atoms with Gasteiger partial charge in [0, 0.05) is 0 Å². The van der Waals surface area contributed by atoms with Crippen LogP contribution in [0.5, 0.6) is 0 Å². The van der Waals surface area contributed by atoms with Crippen LogP contribution < -0.4 is 5.32 Å². The molecule has 1 N–H and O–H groups in total. The van der Waals surface area contributed by atoms with Gasteiger partial charge in [0.1, 0.15) is 0 Å². The molecule has 0 fully saturated rings. The second-order valence-corrected chi connectivity index (χ2v) is 0.957. The van der Waals surface area contributed by atoms with E-state index in [0.29, 0.717) is 0 Å². The van der Waals surface area contributed by atoms with E-state index in [9.17, 15) is 0 Å². The normalized spacial score (nSPS) is 6.71. The number of hydrogen-bond donors (Lipinski definition) is 1. The molecule has 45 valence electrons. The molecule has 1 nitrogen and oxygen atoms in total. The fraction of sp³-hybridized carbons (Fsp3) is 1.00. The van der Waals surface area contributed by atoms with Crippen LogP contribution in [0.25, 0.3) is 0 Å². The predicted octanol–water partition coefficient (Wildman–Crippen LogP) is 1.30. The molecule has 0 radical (unpaired) electrons. The SMILES string of the molecule is CCNCC.[Cl][W]. The molecule has 0 aliphatic rings. The third kappa shape index (κ3) is 19.6. The van der Waals surface area contributed by atoms with E-state index in [0.717, 1.165) is 31.9 Å². The van der Waals surface area contributed by atoms with E-state index >= 15 is 0 Å². The van der Waals surface area contributed by atoms with Crippen LogP contribution in [0, 0.1) is 0 Å². The average molecular weight is 292 g/mol. The number of hydrogen-bond acceptors (Lipinski definition) is 1. The van der Waals surface area contributed by atoms with Gasteiger partial charge < -0.3 is 5.32 Å². The molecule has 0 spiro atoms. The molecule has 0 aromatic heterocycles. The van der Waals surface area contributed by atoms with E-state index in [-0.39, 0.29) is 0 Å². The van der Waals surface area contributed by atoms with Crippen molar-refractivity contribution >= 4 is 9.42 Å². The van der Waals surface area contributed by atoms with Crippen LogP contribution in [0.3, 0.4) is 0 Å². The summed E-state index contributed by atoms with van der Waals surface area (Å²) >= 11 is 1.06. The molecule has 0 aliphatic heterocycles. The van der Waals surface area contributed by atoms with E-state index in [1.165, 1.54) is 0 Å². The third-order valence-corrected chi connectivity index (χ3v) is 0.500. The zero-order valence-electron chi connectivity index (χ0n) is 4.70. The number of halogens is 1. The molecule has 0 bridgehead atoms. The Bertz CT molecular complexity index is 19.2. The predicted molar refractivity (Wildman–Crippen MR) is 30.1 cm³/mol. The van der Waals surface area contributed by atoms with Gasteiger partial charge in [0.15, 0.2) is 0 Å². The molecule has 7 heavy (non-hydrogen) atoms. The second-order valence-electron chi connectivity index (χ2n) is 0.957. The van der Waals surface area contributed by atoms with Gasteiger partial charge in [0.25, 0.3) is 0 Å². The quantitative estimate of drug-likeness (QED) is 0.809. The summed E-state index contributed by atoms with van der Waals surface area (Å²) < 4.78 is 0. The maximum atomic E-state index is 4.72. The molecule has 0 saturated carbocycles. The third-order valence-electron chi connectivity index (χ3n) is 0.500. The molecular weight excluding hydrogens is 281 g/mol. The van der Waals surface area contributed by atoms with Gasteiger partial charge in [-0.2, -0.15) is 0 Å². The summed E-state index contributed by atoms with van der Waals surface area (Å²) in [5, 5.41) is 3.11. The van der Waals surface area contributed by atoms with Crippen LogP contribution in [0.15, 0.2) is 0 Å². The summed E-state index contributed by atoms with van der Waals surface area (Å²) in [7, 11) is 4.72. The summed E-state index contributed by atoms with van der Waals surface area (Å²) in [6, 6.07) is 0. The van der Waals surface area contributed by atoms with Crippen molar-refractivity contribution in [3.63, 3.8) is 0 Å². The number of rotatable bonds is 2.